The molecule has 0 radical (unpaired) electrons. The van der Waals surface area contributed by atoms with Gasteiger partial charge >= 0.3 is 6.18 Å². The average molecular weight is 352 g/mol. The molecule has 0 unspecified atom stereocenters. The maximum absolute atomic E-state index is 12.5. The van der Waals surface area contributed by atoms with Crippen molar-refractivity contribution in [3.8, 4) is 0 Å². The van der Waals surface area contributed by atoms with Crippen molar-refractivity contribution >= 4 is 11.8 Å². The minimum atomic E-state index is -4.40. The normalized spacial score (nSPS) is 17.3. The van der Waals surface area contributed by atoms with Crippen molar-refractivity contribution in [3.63, 3.8) is 0 Å². The van der Waals surface area contributed by atoms with Crippen LogP contribution in [0.25, 0.3) is 0 Å². The highest BCUT2D eigenvalue weighted by molar-refractivity contribution is 5.91. The molecule has 0 saturated heterocycles. The van der Waals surface area contributed by atoms with Gasteiger partial charge in [0.15, 0.2) is 0 Å². The van der Waals surface area contributed by atoms with Crippen LogP contribution in [-0.4, -0.2) is 43.3 Å². The minimum Gasteiger partial charge on any atom is -0.372 e. The molecule has 0 bridgehead atoms. The van der Waals surface area contributed by atoms with E-state index in [2.05, 4.69) is 15.4 Å². The molecule has 0 aliphatic heterocycles. The van der Waals surface area contributed by atoms with Crippen molar-refractivity contribution in [1.82, 2.24) is 10.6 Å². The first kappa shape index (κ1) is 20.7. The first-order chi connectivity index (χ1) is 11.3. The lowest BCUT2D eigenvalue weighted by Gasteiger charge is -2.36. The van der Waals surface area contributed by atoms with Gasteiger partial charge in [0, 0.05) is 13.0 Å². The first-order valence-corrected chi connectivity index (χ1v) is 8.53. The molecule has 8 heteroatoms. The van der Waals surface area contributed by atoms with E-state index in [1.54, 1.807) is 0 Å². The second-order valence-electron chi connectivity index (χ2n) is 6.22. The molecule has 1 aliphatic rings. The fourth-order valence-corrected chi connectivity index (χ4v) is 2.79. The maximum atomic E-state index is 12.5. The van der Waals surface area contributed by atoms with Crippen LogP contribution in [0.1, 0.15) is 58.3 Å². The highest BCUT2D eigenvalue weighted by atomic mass is 19.4. The number of rotatable bonds is 9. The Kier molecular flexibility index (Phi) is 8.52. The van der Waals surface area contributed by atoms with Crippen LogP contribution in [0.2, 0.25) is 0 Å². The standard InChI is InChI=1S/C16H27F3N2O3/c1-2-3-10-20-14(23)15(8-5-4-6-9-15)21-13(22)7-11-24-12-16(17,18)19/h2-12H2,1H3,(H,20,23)(H,21,22). The van der Waals surface area contributed by atoms with E-state index in [0.717, 1.165) is 32.1 Å². The Balaban J connectivity index is 2.49. The molecule has 2 N–H and O–H groups in total. The van der Waals surface area contributed by atoms with Crippen molar-refractivity contribution in [1.29, 1.82) is 0 Å². The summed E-state index contributed by atoms with van der Waals surface area (Å²) >= 11 is 0. The summed E-state index contributed by atoms with van der Waals surface area (Å²) < 4.78 is 40.4. The van der Waals surface area contributed by atoms with Gasteiger partial charge in [-0.3, -0.25) is 9.59 Å². The Morgan fingerprint density at radius 3 is 2.42 bits per heavy atom. The number of alkyl halides is 3. The number of hydrogen-bond acceptors (Lipinski definition) is 3. The molecule has 1 rings (SSSR count). The van der Waals surface area contributed by atoms with Gasteiger partial charge in [0.25, 0.3) is 0 Å². The summed E-state index contributed by atoms with van der Waals surface area (Å²) in [6, 6.07) is 0. The van der Waals surface area contributed by atoms with Crippen molar-refractivity contribution in [2.45, 2.75) is 70.0 Å². The van der Waals surface area contributed by atoms with Crippen molar-refractivity contribution in [2.75, 3.05) is 19.8 Å². The summed E-state index contributed by atoms with van der Waals surface area (Å²) in [6.07, 6.45) is 1.02. The Bertz CT molecular complexity index is 408. The number of ether oxygens (including phenoxy) is 1. The molecule has 0 heterocycles. The van der Waals surface area contributed by atoms with Crippen molar-refractivity contribution in [3.05, 3.63) is 0 Å². The van der Waals surface area contributed by atoms with Crippen LogP contribution in [0.15, 0.2) is 0 Å². The fourth-order valence-electron chi connectivity index (χ4n) is 2.79. The van der Waals surface area contributed by atoms with E-state index in [9.17, 15) is 22.8 Å². The maximum Gasteiger partial charge on any atom is 0.411 e. The molecule has 1 aliphatic carbocycles. The van der Waals surface area contributed by atoms with Crippen LogP contribution >= 0.6 is 0 Å². The molecule has 1 fully saturated rings. The van der Waals surface area contributed by atoms with Gasteiger partial charge < -0.3 is 15.4 Å². The predicted molar refractivity (Wildman–Crippen MR) is 83.4 cm³/mol. The molecular weight excluding hydrogens is 325 g/mol. The monoisotopic (exact) mass is 352 g/mol. The summed E-state index contributed by atoms with van der Waals surface area (Å²) in [5.74, 6) is -0.648. The number of amides is 2. The molecule has 1 saturated carbocycles. The van der Waals surface area contributed by atoms with Crippen LogP contribution in [0.5, 0.6) is 0 Å². The average Bonchev–Trinajstić information content (AvgIpc) is 2.51. The van der Waals surface area contributed by atoms with Gasteiger partial charge in [-0.05, 0) is 19.3 Å². The third-order valence-corrected chi connectivity index (χ3v) is 4.08. The van der Waals surface area contributed by atoms with Gasteiger partial charge in [0.05, 0.1) is 6.61 Å². The molecule has 0 aromatic heterocycles. The molecule has 0 aromatic rings. The second-order valence-corrected chi connectivity index (χ2v) is 6.22. The Morgan fingerprint density at radius 2 is 1.83 bits per heavy atom. The highest BCUT2D eigenvalue weighted by Crippen LogP contribution is 2.28. The number of carbonyl (C=O) groups excluding carboxylic acids is 2. The van der Waals surface area contributed by atoms with E-state index in [1.807, 2.05) is 6.92 Å². The second kappa shape index (κ2) is 9.86. The Morgan fingerprint density at radius 1 is 1.17 bits per heavy atom. The molecule has 0 spiro atoms. The van der Waals surface area contributed by atoms with E-state index in [0.29, 0.717) is 19.4 Å². The number of carbonyl (C=O) groups is 2. The summed E-state index contributed by atoms with van der Waals surface area (Å²) in [5, 5.41) is 5.60. The zero-order valence-electron chi connectivity index (χ0n) is 14.1. The summed E-state index contributed by atoms with van der Waals surface area (Å²) in [7, 11) is 0. The summed E-state index contributed by atoms with van der Waals surface area (Å²) in [6.45, 7) is 0.884. The number of halogens is 3. The Hall–Kier alpha value is -1.31. The topological polar surface area (TPSA) is 67.4 Å². The predicted octanol–water partition coefficient (Wildman–Crippen LogP) is 2.69. The molecule has 24 heavy (non-hydrogen) atoms. The van der Waals surface area contributed by atoms with E-state index < -0.39 is 24.2 Å². The lowest BCUT2D eigenvalue weighted by Crippen LogP contribution is -2.59. The minimum absolute atomic E-state index is 0.194. The summed E-state index contributed by atoms with van der Waals surface area (Å²) in [5.41, 5.74) is -0.937. The first-order valence-electron chi connectivity index (χ1n) is 8.53. The summed E-state index contributed by atoms with van der Waals surface area (Å²) in [4.78, 5) is 24.5. The van der Waals surface area contributed by atoms with Crippen molar-refractivity contribution in [2.24, 2.45) is 0 Å². The number of nitrogens with one attached hydrogen (secondary N) is 2. The van der Waals surface area contributed by atoms with Crippen LogP contribution in [0.3, 0.4) is 0 Å². The fraction of sp³-hybridized carbons (Fsp3) is 0.875. The number of unbranched alkanes of at least 4 members (excludes halogenated alkanes) is 1. The molecular formula is C16H27F3N2O3. The van der Waals surface area contributed by atoms with Gasteiger partial charge in [0.1, 0.15) is 12.1 Å². The van der Waals surface area contributed by atoms with Gasteiger partial charge in [-0.1, -0.05) is 32.6 Å². The molecule has 0 aromatic carbocycles. The van der Waals surface area contributed by atoms with Gasteiger partial charge in [0.2, 0.25) is 11.8 Å². The van der Waals surface area contributed by atoms with Gasteiger partial charge in [-0.2, -0.15) is 13.2 Å². The van der Waals surface area contributed by atoms with Gasteiger partial charge in [-0.15, -0.1) is 0 Å². The molecule has 0 atom stereocenters. The van der Waals surface area contributed by atoms with E-state index in [-0.39, 0.29) is 18.9 Å². The largest absolute Gasteiger partial charge is 0.411 e. The Labute approximate surface area is 140 Å². The van der Waals surface area contributed by atoms with Crippen LogP contribution in [0, 0.1) is 0 Å². The highest BCUT2D eigenvalue weighted by Gasteiger charge is 2.40. The SMILES string of the molecule is CCCCNC(=O)C1(NC(=O)CCOCC(F)(F)F)CCCCC1. The number of hydrogen-bond donors (Lipinski definition) is 2. The van der Waals surface area contributed by atoms with Crippen LogP contribution in [-0.2, 0) is 14.3 Å². The van der Waals surface area contributed by atoms with E-state index in [1.165, 1.54) is 0 Å². The molecule has 2 amide bonds. The van der Waals surface area contributed by atoms with Gasteiger partial charge in [-0.25, -0.2) is 0 Å². The van der Waals surface area contributed by atoms with Crippen LogP contribution in [0.4, 0.5) is 13.2 Å². The van der Waals surface area contributed by atoms with E-state index in [4.69, 9.17) is 0 Å². The molecule has 5 nitrogen and oxygen atoms in total. The smallest absolute Gasteiger partial charge is 0.372 e. The molecule has 140 valence electrons. The zero-order chi connectivity index (χ0) is 18.1. The lowest BCUT2D eigenvalue weighted by atomic mass is 9.80. The zero-order valence-corrected chi connectivity index (χ0v) is 14.1. The third kappa shape index (κ3) is 7.51. The quantitative estimate of drug-likeness (QED) is 0.627. The van der Waals surface area contributed by atoms with Crippen molar-refractivity contribution < 1.29 is 27.5 Å². The third-order valence-electron chi connectivity index (χ3n) is 4.08. The lowest BCUT2D eigenvalue weighted by molar-refractivity contribution is -0.174. The van der Waals surface area contributed by atoms with E-state index >= 15 is 0 Å². The van der Waals surface area contributed by atoms with Crippen LogP contribution < -0.4 is 10.6 Å².